The highest BCUT2D eigenvalue weighted by Gasteiger charge is 2.72. The van der Waals surface area contributed by atoms with Crippen LogP contribution in [-0.2, 0) is 9.53 Å². The quantitative estimate of drug-likeness (QED) is 0.457. The summed E-state index contributed by atoms with van der Waals surface area (Å²) < 4.78 is 5.50. The summed E-state index contributed by atoms with van der Waals surface area (Å²) in [4.78, 5) is 12.5. The van der Waals surface area contributed by atoms with E-state index in [1.807, 2.05) is 13.8 Å². The van der Waals surface area contributed by atoms with Crippen LogP contribution in [-0.4, -0.2) is 39.8 Å². The fourth-order valence-electron chi connectivity index (χ4n) is 4.97. The highest BCUT2D eigenvalue weighted by Crippen LogP contribution is 2.65. The van der Waals surface area contributed by atoms with Crippen molar-refractivity contribution in [2.75, 3.05) is 0 Å². The van der Waals surface area contributed by atoms with E-state index in [4.69, 9.17) is 4.74 Å². The van der Waals surface area contributed by atoms with Gasteiger partial charge in [-0.2, -0.15) is 0 Å². The molecular formula is C15H22NO5-. The first-order valence-corrected chi connectivity index (χ1v) is 7.45. The summed E-state index contributed by atoms with van der Waals surface area (Å²) in [5.74, 6) is -0.539. The Morgan fingerprint density at radius 3 is 2.71 bits per heavy atom. The van der Waals surface area contributed by atoms with Gasteiger partial charge < -0.3 is 20.3 Å². The molecule has 0 aromatic rings. The van der Waals surface area contributed by atoms with Crippen molar-refractivity contribution in [1.82, 2.24) is 5.23 Å². The Balaban J connectivity index is 2.11. The Hall–Kier alpha value is -0.950. The highest BCUT2D eigenvalue weighted by molar-refractivity contribution is 5.82. The first kappa shape index (κ1) is 15.0. The van der Waals surface area contributed by atoms with E-state index in [-0.39, 0.29) is 11.1 Å². The van der Waals surface area contributed by atoms with Crippen LogP contribution in [0.15, 0.2) is 12.2 Å². The van der Waals surface area contributed by atoms with Crippen LogP contribution in [0.25, 0.3) is 0 Å². The average Bonchev–Trinajstić information content (AvgIpc) is 2.78. The lowest BCUT2D eigenvalue weighted by Crippen LogP contribution is -2.53. The molecule has 6 atom stereocenters. The number of ether oxygens (including phenoxy) is 1. The van der Waals surface area contributed by atoms with Gasteiger partial charge in [-0.15, -0.1) is 0 Å². The number of carbonyl (C=O) groups is 1. The minimum Gasteiger partial charge on any atom is -0.762 e. The summed E-state index contributed by atoms with van der Waals surface area (Å²) in [5.41, 5.74) is -1.01. The molecule has 21 heavy (non-hydrogen) atoms. The van der Waals surface area contributed by atoms with Gasteiger partial charge >= 0.3 is 5.97 Å². The van der Waals surface area contributed by atoms with E-state index in [1.54, 1.807) is 0 Å². The number of hydrogen-bond acceptors (Lipinski definition) is 6. The van der Waals surface area contributed by atoms with E-state index in [2.05, 4.69) is 6.58 Å². The van der Waals surface area contributed by atoms with Crippen molar-refractivity contribution in [3.05, 3.63) is 17.4 Å². The fraction of sp³-hybridized carbons (Fsp3) is 0.800. The second kappa shape index (κ2) is 4.52. The molecule has 1 spiro atoms. The lowest BCUT2D eigenvalue weighted by Gasteiger charge is -2.46. The molecule has 3 rings (SSSR count). The van der Waals surface area contributed by atoms with Crippen molar-refractivity contribution >= 4 is 5.97 Å². The first-order chi connectivity index (χ1) is 9.75. The Morgan fingerprint density at radius 1 is 1.48 bits per heavy atom. The number of rotatable bonds is 2. The SMILES string of the molecule is C=C(C)[C@H]1CC[C@]2(C)[C@@H](N([O-])O)CC[C@@]23C(=O)O[C@@H]1[C@@H]3O. The van der Waals surface area contributed by atoms with Gasteiger partial charge in [-0.25, -0.2) is 0 Å². The standard InChI is InChI=1S/C15H22NO5/c1-8(2)9-4-6-14(3)10(16(19)20)5-7-15(14)12(17)11(9)21-13(15)18/h9-12,17,19H,1,4-7H2,2-3H3/q-1/t9-,10+,11+,12+,14-,15-/m1/s1. The number of hydrogen-bond donors (Lipinski definition) is 2. The summed E-state index contributed by atoms with van der Waals surface area (Å²) in [7, 11) is 0. The smallest absolute Gasteiger partial charge is 0.315 e. The largest absolute Gasteiger partial charge is 0.762 e. The molecule has 0 aromatic carbocycles. The van der Waals surface area contributed by atoms with Crippen LogP contribution >= 0.6 is 0 Å². The molecule has 2 bridgehead atoms. The first-order valence-electron chi connectivity index (χ1n) is 7.45. The molecule has 1 saturated heterocycles. The van der Waals surface area contributed by atoms with Gasteiger partial charge in [0, 0.05) is 17.4 Å². The molecular weight excluding hydrogens is 274 g/mol. The maximum atomic E-state index is 12.5. The van der Waals surface area contributed by atoms with Gasteiger partial charge in [0.1, 0.15) is 17.6 Å². The van der Waals surface area contributed by atoms with Crippen molar-refractivity contribution in [1.29, 1.82) is 0 Å². The van der Waals surface area contributed by atoms with E-state index >= 15 is 0 Å². The Labute approximate surface area is 123 Å². The topological polar surface area (TPSA) is 93.1 Å². The molecule has 3 fully saturated rings. The molecule has 3 aliphatic rings. The van der Waals surface area contributed by atoms with Gasteiger partial charge in [0.05, 0.1) is 0 Å². The van der Waals surface area contributed by atoms with Crippen LogP contribution < -0.4 is 0 Å². The van der Waals surface area contributed by atoms with Gasteiger partial charge in [0.25, 0.3) is 0 Å². The molecule has 0 unspecified atom stereocenters. The number of nitrogens with zero attached hydrogens (tertiary/aromatic N) is 1. The third kappa shape index (κ3) is 1.64. The Kier molecular flexibility index (Phi) is 3.22. The van der Waals surface area contributed by atoms with Gasteiger partial charge in [0.15, 0.2) is 0 Å². The monoisotopic (exact) mass is 296 g/mol. The zero-order chi connectivity index (χ0) is 15.6. The molecule has 2 aliphatic carbocycles. The molecule has 1 heterocycles. The van der Waals surface area contributed by atoms with Crippen molar-refractivity contribution in [2.24, 2.45) is 16.7 Å². The highest BCUT2D eigenvalue weighted by atomic mass is 16.8. The second-order valence-electron chi connectivity index (χ2n) is 7.05. The predicted octanol–water partition coefficient (Wildman–Crippen LogP) is 1.60. The summed E-state index contributed by atoms with van der Waals surface area (Å²) in [5, 5.41) is 31.8. The number of carbonyl (C=O) groups excluding carboxylic acids is 1. The van der Waals surface area contributed by atoms with Gasteiger partial charge in [-0.3, -0.25) is 10.0 Å². The number of aliphatic hydroxyl groups is 1. The van der Waals surface area contributed by atoms with Gasteiger partial charge in [0.2, 0.25) is 0 Å². The van der Waals surface area contributed by atoms with E-state index < -0.39 is 35.0 Å². The number of aliphatic hydroxyl groups excluding tert-OH is 1. The molecule has 6 heteroatoms. The van der Waals surface area contributed by atoms with Crippen molar-refractivity contribution < 1.29 is 19.8 Å². The number of fused-ring (bicyclic) bond motifs is 1. The number of hydroxylamine groups is 2. The van der Waals surface area contributed by atoms with E-state index in [0.29, 0.717) is 25.7 Å². The van der Waals surface area contributed by atoms with Crippen LogP contribution in [0.1, 0.15) is 39.5 Å². The summed E-state index contributed by atoms with van der Waals surface area (Å²) in [6.07, 6.45) is 0.475. The maximum Gasteiger partial charge on any atom is 0.315 e. The maximum absolute atomic E-state index is 12.5. The molecule has 118 valence electrons. The Bertz CT molecular complexity index is 492. The molecule has 0 radical (unpaired) electrons. The zero-order valence-electron chi connectivity index (χ0n) is 12.4. The lowest BCUT2D eigenvalue weighted by molar-refractivity contribution is -0.166. The molecule has 2 saturated carbocycles. The number of esters is 1. The van der Waals surface area contributed by atoms with Crippen molar-refractivity contribution in [2.45, 2.75) is 57.8 Å². The van der Waals surface area contributed by atoms with Crippen LogP contribution in [0, 0.1) is 22.0 Å². The third-order valence-corrected chi connectivity index (χ3v) is 6.26. The van der Waals surface area contributed by atoms with Crippen LogP contribution in [0.4, 0.5) is 0 Å². The molecule has 2 N–H and O–H groups in total. The molecule has 6 nitrogen and oxygen atoms in total. The molecule has 0 aromatic heterocycles. The lowest BCUT2D eigenvalue weighted by atomic mass is 9.62. The summed E-state index contributed by atoms with van der Waals surface area (Å²) in [6, 6.07) is -0.692. The zero-order valence-corrected chi connectivity index (χ0v) is 12.4. The minimum atomic E-state index is -1.09. The second-order valence-corrected chi connectivity index (χ2v) is 7.05. The van der Waals surface area contributed by atoms with Crippen LogP contribution in [0.3, 0.4) is 0 Å². The summed E-state index contributed by atoms with van der Waals surface area (Å²) >= 11 is 0. The van der Waals surface area contributed by atoms with E-state index in [1.165, 1.54) is 0 Å². The summed E-state index contributed by atoms with van der Waals surface area (Å²) in [6.45, 7) is 7.62. The molecule has 1 aliphatic heterocycles. The fourth-order valence-corrected chi connectivity index (χ4v) is 4.97. The average molecular weight is 296 g/mol. The van der Waals surface area contributed by atoms with Gasteiger partial charge in [-0.1, -0.05) is 19.1 Å². The van der Waals surface area contributed by atoms with Crippen LogP contribution in [0.2, 0.25) is 0 Å². The van der Waals surface area contributed by atoms with Crippen molar-refractivity contribution in [3.8, 4) is 0 Å². The molecule has 0 amide bonds. The Morgan fingerprint density at radius 2 is 2.14 bits per heavy atom. The minimum absolute atomic E-state index is 0.0385. The predicted molar refractivity (Wildman–Crippen MR) is 74.0 cm³/mol. The van der Waals surface area contributed by atoms with E-state index in [0.717, 1.165) is 5.57 Å². The van der Waals surface area contributed by atoms with Crippen molar-refractivity contribution in [3.63, 3.8) is 0 Å². The van der Waals surface area contributed by atoms with E-state index in [9.17, 15) is 20.3 Å². The third-order valence-electron chi connectivity index (χ3n) is 6.26. The normalized spacial score (nSPS) is 49.0. The van der Waals surface area contributed by atoms with Gasteiger partial charge in [-0.05, 0) is 32.6 Å². The van der Waals surface area contributed by atoms with Crippen LogP contribution in [0.5, 0.6) is 0 Å².